The number of likely N-dealkylation sites (N-methyl/N-ethyl adjacent to an activating group) is 1. The molecule has 7 heteroatoms. The summed E-state index contributed by atoms with van der Waals surface area (Å²) in [5, 5.41) is 5.76. The van der Waals surface area contributed by atoms with Gasteiger partial charge in [-0.15, -0.1) is 11.3 Å². The highest BCUT2D eigenvalue weighted by molar-refractivity contribution is 7.12. The number of nitrogens with one attached hydrogen (secondary N) is 1. The Morgan fingerprint density at radius 3 is 3.06 bits per heavy atom. The van der Waals surface area contributed by atoms with Crippen molar-refractivity contribution in [2.24, 2.45) is 5.10 Å². The van der Waals surface area contributed by atoms with Crippen molar-refractivity contribution in [2.75, 3.05) is 14.2 Å². The predicted molar refractivity (Wildman–Crippen MR) is 62.9 cm³/mol. The van der Waals surface area contributed by atoms with E-state index in [0.29, 0.717) is 11.4 Å². The highest BCUT2D eigenvalue weighted by Gasteiger charge is 2.26. The first-order valence-corrected chi connectivity index (χ1v) is 5.74. The molecule has 1 aromatic heterocycles. The molecule has 2 rings (SSSR count). The topological polar surface area (TPSA) is 71.0 Å². The number of rotatable bonds is 3. The van der Waals surface area contributed by atoms with Gasteiger partial charge in [-0.3, -0.25) is 10.2 Å². The summed E-state index contributed by atoms with van der Waals surface area (Å²) >= 11 is 1.38. The highest BCUT2D eigenvalue weighted by atomic mass is 32.1. The summed E-state index contributed by atoms with van der Waals surface area (Å²) < 4.78 is 4.62. The Morgan fingerprint density at radius 2 is 2.47 bits per heavy atom. The van der Waals surface area contributed by atoms with Crippen molar-refractivity contribution < 1.29 is 14.3 Å². The second-order valence-electron chi connectivity index (χ2n) is 3.45. The Bertz CT molecular complexity index is 483. The number of hydrogen-bond acceptors (Lipinski definition) is 7. The van der Waals surface area contributed by atoms with Crippen LogP contribution in [0.4, 0.5) is 0 Å². The van der Waals surface area contributed by atoms with Crippen LogP contribution >= 0.6 is 11.3 Å². The minimum absolute atomic E-state index is 0.381. The van der Waals surface area contributed by atoms with E-state index in [2.05, 4.69) is 15.3 Å². The maximum Gasteiger partial charge on any atom is 0.338 e. The zero-order chi connectivity index (χ0) is 12.4. The zero-order valence-electron chi connectivity index (χ0n) is 9.34. The average Bonchev–Trinajstić information content (AvgIpc) is 2.94. The smallest absolute Gasteiger partial charge is 0.338 e. The Kier molecular flexibility index (Phi) is 3.10. The fraction of sp³-hybridized carbons (Fsp3) is 0.300. The number of ether oxygens (including phenoxy) is 1. The molecule has 0 bridgehead atoms. The van der Waals surface area contributed by atoms with E-state index < -0.39 is 6.17 Å². The molecule has 0 aromatic carbocycles. The van der Waals surface area contributed by atoms with Gasteiger partial charge in [0.25, 0.3) is 0 Å². The van der Waals surface area contributed by atoms with Crippen LogP contribution in [0.1, 0.15) is 15.2 Å². The Balaban J connectivity index is 2.22. The molecule has 0 spiro atoms. The van der Waals surface area contributed by atoms with Crippen LogP contribution in [0, 0.1) is 0 Å². The van der Waals surface area contributed by atoms with Gasteiger partial charge in [0.15, 0.2) is 18.3 Å². The lowest BCUT2D eigenvalue weighted by atomic mass is 10.3. The van der Waals surface area contributed by atoms with Crippen molar-refractivity contribution >= 4 is 29.4 Å². The Labute approximate surface area is 102 Å². The molecule has 1 N–H and O–H groups in total. The molecule has 0 radical (unpaired) electrons. The van der Waals surface area contributed by atoms with E-state index in [-0.39, 0.29) is 5.97 Å². The molecule has 1 atom stereocenters. The maximum absolute atomic E-state index is 11.3. The molecule has 1 unspecified atom stereocenters. The van der Waals surface area contributed by atoms with E-state index in [0.717, 1.165) is 11.2 Å². The van der Waals surface area contributed by atoms with Crippen molar-refractivity contribution in [1.29, 1.82) is 0 Å². The molecule has 1 aromatic rings. The van der Waals surface area contributed by atoms with E-state index in [4.69, 9.17) is 0 Å². The van der Waals surface area contributed by atoms with Gasteiger partial charge >= 0.3 is 5.97 Å². The van der Waals surface area contributed by atoms with Crippen LogP contribution in [0.15, 0.2) is 16.5 Å². The van der Waals surface area contributed by atoms with Gasteiger partial charge in [0.1, 0.15) is 0 Å². The molecule has 0 aliphatic carbocycles. The van der Waals surface area contributed by atoms with Crippen molar-refractivity contribution in [3.05, 3.63) is 21.9 Å². The van der Waals surface area contributed by atoms with E-state index in [9.17, 15) is 9.59 Å². The minimum atomic E-state index is -0.450. The summed E-state index contributed by atoms with van der Waals surface area (Å²) in [5.74, 6) is 0.260. The summed E-state index contributed by atoms with van der Waals surface area (Å²) in [4.78, 5) is 24.5. The molecule has 17 heavy (non-hydrogen) atoms. The third-order valence-corrected chi connectivity index (χ3v) is 3.35. The molecule has 2 heterocycles. The summed E-state index contributed by atoms with van der Waals surface area (Å²) in [5.41, 5.74) is 3.18. The van der Waals surface area contributed by atoms with Crippen LogP contribution in [-0.2, 0) is 9.53 Å². The highest BCUT2D eigenvalue weighted by Crippen LogP contribution is 2.20. The van der Waals surface area contributed by atoms with E-state index >= 15 is 0 Å². The van der Waals surface area contributed by atoms with Gasteiger partial charge in [-0.05, 0) is 6.07 Å². The molecule has 1 aliphatic heterocycles. The first kappa shape index (κ1) is 11.6. The lowest BCUT2D eigenvalue weighted by Gasteiger charge is -2.16. The number of aldehydes is 1. The van der Waals surface area contributed by atoms with Crippen LogP contribution in [0.25, 0.3) is 0 Å². The normalized spacial score (nSPS) is 18.6. The van der Waals surface area contributed by atoms with Gasteiger partial charge in [-0.25, -0.2) is 4.79 Å². The summed E-state index contributed by atoms with van der Waals surface area (Å²) in [6, 6.07) is 1.70. The Morgan fingerprint density at radius 1 is 1.71 bits per heavy atom. The van der Waals surface area contributed by atoms with Crippen LogP contribution < -0.4 is 5.43 Å². The van der Waals surface area contributed by atoms with Gasteiger partial charge in [0.2, 0.25) is 0 Å². The van der Waals surface area contributed by atoms with Crippen LogP contribution in [-0.4, -0.2) is 43.3 Å². The number of thiophene rings is 1. The van der Waals surface area contributed by atoms with Gasteiger partial charge in [0.05, 0.1) is 17.6 Å². The van der Waals surface area contributed by atoms with Crippen LogP contribution in [0.3, 0.4) is 0 Å². The largest absolute Gasteiger partial charge is 0.465 e. The zero-order valence-corrected chi connectivity index (χ0v) is 10.2. The lowest BCUT2D eigenvalue weighted by molar-refractivity contribution is -0.111. The minimum Gasteiger partial charge on any atom is -0.465 e. The fourth-order valence-corrected chi connectivity index (χ4v) is 2.36. The van der Waals surface area contributed by atoms with Crippen molar-refractivity contribution in [3.63, 3.8) is 0 Å². The summed E-state index contributed by atoms with van der Waals surface area (Å²) in [6.45, 7) is 0. The predicted octanol–water partition coefficient (Wildman–Crippen LogP) is 0.256. The monoisotopic (exact) mass is 253 g/mol. The van der Waals surface area contributed by atoms with E-state index in [1.807, 2.05) is 0 Å². The van der Waals surface area contributed by atoms with Gasteiger partial charge in [0, 0.05) is 12.4 Å². The van der Waals surface area contributed by atoms with E-state index in [1.165, 1.54) is 18.4 Å². The first-order chi connectivity index (χ1) is 8.17. The van der Waals surface area contributed by atoms with Crippen LogP contribution in [0.5, 0.6) is 0 Å². The lowest BCUT2D eigenvalue weighted by Crippen LogP contribution is -2.38. The fourth-order valence-electron chi connectivity index (χ4n) is 1.45. The number of carbonyl (C=O) groups is 2. The third kappa shape index (κ3) is 2.01. The number of esters is 1. The van der Waals surface area contributed by atoms with Crippen molar-refractivity contribution in [2.45, 2.75) is 6.17 Å². The number of nitrogens with zero attached hydrogens (tertiary/aromatic N) is 2. The maximum atomic E-state index is 11.3. The molecular formula is C10H11N3O3S. The quantitative estimate of drug-likeness (QED) is 0.618. The van der Waals surface area contributed by atoms with Crippen LogP contribution in [0.2, 0.25) is 0 Å². The standard InChI is InChI=1S/C10H11N3O3S/c1-13-8(4-14)11-12-9(13)7-3-6(5-17-7)10(15)16-2/h3-5,8,11H,1-2H3. The summed E-state index contributed by atoms with van der Waals surface area (Å²) in [7, 11) is 3.10. The summed E-state index contributed by atoms with van der Waals surface area (Å²) in [6.07, 6.45) is 0.319. The van der Waals surface area contributed by atoms with E-state index in [1.54, 1.807) is 23.4 Å². The molecule has 0 amide bonds. The second kappa shape index (κ2) is 4.54. The molecule has 90 valence electrons. The Hall–Kier alpha value is -1.89. The van der Waals surface area contributed by atoms with Gasteiger partial charge in [-0.2, -0.15) is 5.10 Å². The molecule has 0 saturated carbocycles. The average molecular weight is 253 g/mol. The number of methoxy groups -OCH3 is 1. The number of carbonyl (C=O) groups excluding carboxylic acids is 2. The number of amidine groups is 1. The molecular weight excluding hydrogens is 242 g/mol. The third-order valence-electron chi connectivity index (χ3n) is 2.42. The molecule has 0 saturated heterocycles. The second-order valence-corrected chi connectivity index (χ2v) is 4.36. The molecule has 0 fully saturated rings. The SMILES string of the molecule is COC(=O)c1csc(C2=NNC(C=O)N2C)c1. The van der Waals surface area contributed by atoms with Gasteiger partial charge in [-0.1, -0.05) is 0 Å². The van der Waals surface area contributed by atoms with Crippen molar-refractivity contribution in [3.8, 4) is 0 Å². The van der Waals surface area contributed by atoms with Crippen molar-refractivity contribution in [1.82, 2.24) is 10.3 Å². The molecule has 1 aliphatic rings. The number of hydrazone groups is 1. The van der Waals surface area contributed by atoms with Gasteiger partial charge < -0.3 is 9.64 Å². The molecule has 6 nitrogen and oxygen atoms in total. The first-order valence-electron chi connectivity index (χ1n) is 4.86. The number of hydrogen-bond donors (Lipinski definition) is 1.